The lowest BCUT2D eigenvalue weighted by Gasteiger charge is -2.29. The monoisotopic (exact) mass is 482 g/mol. The highest BCUT2D eigenvalue weighted by molar-refractivity contribution is 5.71. The van der Waals surface area contributed by atoms with Gasteiger partial charge in [-0.05, 0) is 60.6 Å². The molecule has 0 bridgehead atoms. The highest BCUT2D eigenvalue weighted by Gasteiger charge is 2.23. The first-order valence-electron chi connectivity index (χ1n) is 12.6. The molecule has 4 rings (SSSR count). The van der Waals surface area contributed by atoms with Crippen LogP contribution < -0.4 is 4.74 Å². The second-order valence-electron chi connectivity index (χ2n) is 9.28. The van der Waals surface area contributed by atoms with Crippen molar-refractivity contribution in [1.29, 1.82) is 0 Å². The second kappa shape index (κ2) is 11.8. The van der Waals surface area contributed by atoms with Crippen LogP contribution >= 0.6 is 0 Å². The lowest BCUT2D eigenvalue weighted by Crippen LogP contribution is -2.24. The summed E-state index contributed by atoms with van der Waals surface area (Å²) in [6.07, 6.45) is 6.19. The molecule has 0 aromatic heterocycles. The molecule has 0 aliphatic carbocycles. The third-order valence-electron chi connectivity index (χ3n) is 6.75. The number of hydrogen-bond donors (Lipinski definition) is 0. The maximum Gasteiger partial charge on any atom is 0.201 e. The van der Waals surface area contributed by atoms with E-state index in [0.717, 1.165) is 44.1 Å². The Balaban J connectivity index is 1.48. The molecule has 1 aliphatic rings. The zero-order valence-electron chi connectivity index (χ0n) is 20.5. The van der Waals surface area contributed by atoms with Gasteiger partial charge in [0, 0.05) is 17.0 Å². The van der Waals surface area contributed by atoms with E-state index in [1.54, 1.807) is 36.4 Å². The molecule has 186 valence electrons. The molecule has 0 spiro atoms. The summed E-state index contributed by atoms with van der Waals surface area (Å²) in [6.45, 7) is 5.13. The van der Waals surface area contributed by atoms with Gasteiger partial charge in [-0.15, -0.1) is 0 Å². The van der Waals surface area contributed by atoms with Crippen molar-refractivity contribution in [3.8, 4) is 28.0 Å². The number of rotatable bonds is 9. The van der Waals surface area contributed by atoms with Crippen LogP contribution in [0.1, 0.15) is 63.9 Å². The van der Waals surface area contributed by atoms with Crippen LogP contribution in [0.5, 0.6) is 5.75 Å². The maximum atomic E-state index is 15.0. The quantitative estimate of drug-likeness (QED) is 0.284. The van der Waals surface area contributed by atoms with Crippen LogP contribution in [-0.2, 0) is 4.74 Å². The highest BCUT2D eigenvalue weighted by Crippen LogP contribution is 2.34. The van der Waals surface area contributed by atoms with Gasteiger partial charge < -0.3 is 9.47 Å². The number of halogens is 3. The van der Waals surface area contributed by atoms with Crippen molar-refractivity contribution < 1.29 is 22.6 Å². The van der Waals surface area contributed by atoms with E-state index in [1.165, 1.54) is 12.1 Å². The van der Waals surface area contributed by atoms with Crippen molar-refractivity contribution >= 4 is 0 Å². The van der Waals surface area contributed by atoms with Crippen molar-refractivity contribution in [3.63, 3.8) is 0 Å². The predicted octanol–water partition coefficient (Wildman–Crippen LogP) is 8.68. The zero-order valence-corrected chi connectivity index (χ0v) is 20.5. The van der Waals surface area contributed by atoms with Crippen LogP contribution in [-0.4, -0.2) is 19.3 Å². The Morgan fingerprint density at radius 2 is 1.54 bits per heavy atom. The number of unbranched alkanes of at least 4 members (excludes halogenated alkanes) is 1. The third-order valence-corrected chi connectivity index (χ3v) is 6.75. The molecule has 0 radical (unpaired) electrons. The van der Waals surface area contributed by atoms with E-state index in [9.17, 15) is 8.78 Å². The summed E-state index contributed by atoms with van der Waals surface area (Å²) in [5.74, 6) is -2.10. The number of hydrogen-bond acceptors (Lipinski definition) is 2. The van der Waals surface area contributed by atoms with Crippen molar-refractivity contribution in [3.05, 3.63) is 77.6 Å². The fraction of sp³-hybridized carbons (Fsp3) is 0.400. The molecule has 2 atom stereocenters. The average Bonchev–Trinajstić information content (AvgIpc) is 2.88. The minimum absolute atomic E-state index is 0.0808. The van der Waals surface area contributed by atoms with Crippen LogP contribution in [0.2, 0.25) is 0 Å². The van der Waals surface area contributed by atoms with Crippen molar-refractivity contribution in [1.82, 2.24) is 0 Å². The van der Waals surface area contributed by atoms with Crippen molar-refractivity contribution in [2.24, 2.45) is 0 Å². The molecule has 1 fully saturated rings. The van der Waals surface area contributed by atoms with Crippen molar-refractivity contribution in [2.75, 3.05) is 13.2 Å². The summed E-state index contributed by atoms with van der Waals surface area (Å²) in [6, 6.07) is 15.2. The fourth-order valence-corrected chi connectivity index (χ4v) is 4.66. The second-order valence-corrected chi connectivity index (χ2v) is 9.28. The lowest BCUT2D eigenvalue weighted by molar-refractivity contribution is -0.00115. The summed E-state index contributed by atoms with van der Waals surface area (Å²) >= 11 is 0. The largest absolute Gasteiger partial charge is 0.490 e. The Kier molecular flexibility index (Phi) is 8.50. The highest BCUT2D eigenvalue weighted by atomic mass is 19.2. The van der Waals surface area contributed by atoms with Crippen LogP contribution in [0.4, 0.5) is 13.2 Å². The molecule has 0 saturated carbocycles. The van der Waals surface area contributed by atoms with Gasteiger partial charge in [0.1, 0.15) is 5.82 Å². The van der Waals surface area contributed by atoms with E-state index in [1.807, 2.05) is 13.0 Å². The standard InChI is InChI=1S/C30H33F3O2/c1-3-5-17-34-28-16-15-26(29(32)30(28)33)21-9-7-20(8-10-21)25-14-12-22(18-27(25)31)23-11-13-24(6-4-2)35-19-23/h7-10,12,14-16,18,23-24H,3-6,11,13,17,19H2,1-2H3. The summed E-state index contributed by atoms with van der Waals surface area (Å²) < 4.78 is 55.5. The fourth-order valence-electron chi connectivity index (χ4n) is 4.66. The van der Waals surface area contributed by atoms with Crippen LogP contribution in [0.3, 0.4) is 0 Å². The minimum atomic E-state index is -0.989. The van der Waals surface area contributed by atoms with Gasteiger partial charge in [0.2, 0.25) is 5.82 Å². The molecule has 1 heterocycles. The number of ether oxygens (including phenoxy) is 2. The van der Waals surface area contributed by atoms with Crippen molar-refractivity contribution in [2.45, 2.75) is 64.4 Å². The molecular weight excluding hydrogens is 449 g/mol. The molecule has 5 heteroatoms. The Bertz CT molecular complexity index is 1120. The SMILES string of the molecule is CCCCOc1ccc(-c2ccc(-c3ccc(C4CCC(CCC)OC4)cc3F)cc2)c(F)c1F. The lowest BCUT2D eigenvalue weighted by atomic mass is 9.89. The first-order valence-corrected chi connectivity index (χ1v) is 12.6. The molecule has 35 heavy (non-hydrogen) atoms. The summed E-state index contributed by atoms with van der Waals surface area (Å²) in [5.41, 5.74) is 2.78. The van der Waals surface area contributed by atoms with Crippen LogP contribution in [0.25, 0.3) is 22.3 Å². The molecular formula is C30H33F3O2. The molecule has 3 aromatic carbocycles. The van der Waals surface area contributed by atoms with E-state index >= 15 is 4.39 Å². The van der Waals surface area contributed by atoms with E-state index in [4.69, 9.17) is 9.47 Å². The van der Waals surface area contributed by atoms with E-state index in [2.05, 4.69) is 6.92 Å². The van der Waals surface area contributed by atoms with Gasteiger partial charge in [0.15, 0.2) is 11.6 Å². The van der Waals surface area contributed by atoms with Crippen LogP contribution in [0, 0.1) is 17.5 Å². The van der Waals surface area contributed by atoms with Crippen LogP contribution in [0.15, 0.2) is 54.6 Å². The Hall–Kier alpha value is -2.79. The number of benzene rings is 3. The van der Waals surface area contributed by atoms with Gasteiger partial charge in [0.05, 0.1) is 19.3 Å². The summed E-state index contributed by atoms with van der Waals surface area (Å²) in [5, 5.41) is 0. The van der Waals surface area contributed by atoms with Gasteiger partial charge in [-0.2, -0.15) is 4.39 Å². The Morgan fingerprint density at radius 3 is 2.17 bits per heavy atom. The molecule has 0 amide bonds. The van der Waals surface area contributed by atoms with Gasteiger partial charge in [-0.1, -0.05) is 63.1 Å². The molecule has 1 saturated heterocycles. The third kappa shape index (κ3) is 5.90. The van der Waals surface area contributed by atoms with E-state index in [-0.39, 0.29) is 23.0 Å². The minimum Gasteiger partial charge on any atom is -0.490 e. The summed E-state index contributed by atoms with van der Waals surface area (Å²) in [4.78, 5) is 0. The Morgan fingerprint density at radius 1 is 0.829 bits per heavy atom. The molecule has 0 N–H and O–H groups in total. The topological polar surface area (TPSA) is 18.5 Å². The zero-order chi connectivity index (χ0) is 24.8. The van der Waals surface area contributed by atoms with Gasteiger partial charge >= 0.3 is 0 Å². The first-order chi connectivity index (χ1) is 17.0. The molecule has 2 nitrogen and oxygen atoms in total. The molecule has 2 unspecified atom stereocenters. The first kappa shape index (κ1) is 25.3. The van der Waals surface area contributed by atoms with Gasteiger partial charge in [0.25, 0.3) is 0 Å². The van der Waals surface area contributed by atoms with E-state index < -0.39 is 11.6 Å². The molecule has 1 aliphatic heterocycles. The normalized spacial score (nSPS) is 18.0. The maximum absolute atomic E-state index is 15.0. The van der Waals surface area contributed by atoms with Gasteiger partial charge in [-0.25, -0.2) is 8.78 Å². The molecule has 3 aromatic rings. The predicted molar refractivity (Wildman–Crippen MR) is 134 cm³/mol. The van der Waals surface area contributed by atoms with Gasteiger partial charge in [-0.3, -0.25) is 0 Å². The Labute approximate surface area is 206 Å². The van der Waals surface area contributed by atoms with E-state index in [0.29, 0.717) is 36.0 Å². The summed E-state index contributed by atoms with van der Waals surface area (Å²) in [7, 11) is 0. The smallest absolute Gasteiger partial charge is 0.201 e. The average molecular weight is 483 g/mol.